The van der Waals surface area contributed by atoms with Crippen LogP contribution in [0.5, 0.6) is 0 Å². The van der Waals surface area contributed by atoms with Gasteiger partial charge in [0, 0.05) is 5.39 Å². The summed E-state index contributed by atoms with van der Waals surface area (Å²) in [5, 5.41) is 4.62. The highest BCUT2D eigenvalue weighted by Crippen LogP contribution is 2.23. The standard InChI is InChI=1S/C11H7FN2O2/c1-5-9-10(16-14-5)7-4-6(12)2-3-8(7)13-11(9)15/h2-4H,1H3,(H,13,15). The van der Waals surface area contributed by atoms with Crippen molar-refractivity contribution in [2.75, 3.05) is 0 Å². The maximum Gasteiger partial charge on any atom is 0.261 e. The molecule has 0 bridgehead atoms. The fourth-order valence-electron chi connectivity index (χ4n) is 1.82. The van der Waals surface area contributed by atoms with Crippen molar-refractivity contribution in [3.05, 3.63) is 40.1 Å². The fourth-order valence-corrected chi connectivity index (χ4v) is 1.82. The van der Waals surface area contributed by atoms with Crippen LogP contribution in [0.1, 0.15) is 5.69 Å². The van der Waals surface area contributed by atoms with E-state index in [0.717, 1.165) is 0 Å². The molecule has 2 heterocycles. The van der Waals surface area contributed by atoms with Crippen LogP contribution < -0.4 is 5.56 Å². The number of nitrogens with one attached hydrogen (secondary N) is 1. The van der Waals surface area contributed by atoms with E-state index in [0.29, 0.717) is 27.6 Å². The molecule has 0 spiro atoms. The van der Waals surface area contributed by atoms with Gasteiger partial charge in [-0.3, -0.25) is 4.79 Å². The lowest BCUT2D eigenvalue weighted by atomic mass is 10.1. The molecule has 0 aliphatic carbocycles. The van der Waals surface area contributed by atoms with Gasteiger partial charge in [0.15, 0.2) is 5.58 Å². The van der Waals surface area contributed by atoms with Gasteiger partial charge in [0.1, 0.15) is 11.2 Å². The monoisotopic (exact) mass is 218 g/mol. The van der Waals surface area contributed by atoms with E-state index in [-0.39, 0.29) is 11.4 Å². The minimum Gasteiger partial charge on any atom is -0.355 e. The molecule has 0 aliphatic rings. The van der Waals surface area contributed by atoms with Crippen molar-refractivity contribution >= 4 is 21.9 Å². The predicted octanol–water partition coefficient (Wildman–Crippen LogP) is 2.12. The summed E-state index contributed by atoms with van der Waals surface area (Å²) in [7, 11) is 0. The molecule has 2 aromatic heterocycles. The Morgan fingerprint density at radius 2 is 2.25 bits per heavy atom. The number of hydrogen-bond donors (Lipinski definition) is 1. The zero-order valence-electron chi connectivity index (χ0n) is 8.37. The summed E-state index contributed by atoms with van der Waals surface area (Å²) in [5.74, 6) is -0.380. The smallest absolute Gasteiger partial charge is 0.261 e. The van der Waals surface area contributed by atoms with Crippen LogP contribution in [0.2, 0.25) is 0 Å². The van der Waals surface area contributed by atoms with E-state index in [1.165, 1.54) is 18.2 Å². The lowest BCUT2D eigenvalue weighted by Crippen LogP contribution is -2.06. The van der Waals surface area contributed by atoms with Gasteiger partial charge in [-0.25, -0.2) is 4.39 Å². The Bertz CT molecular complexity index is 758. The lowest BCUT2D eigenvalue weighted by molar-refractivity contribution is 0.452. The summed E-state index contributed by atoms with van der Waals surface area (Å²) in [6.45, 7) is 1.67. The third-order valence-electron chi connectivity index (χ3n) is 2.56. The van der Waals surface area contributed by atoms with Gasteiger partial charge in [0.05, 0.1) is 11.2 Å². The van der Waals surface area contributed by atoms with Crippen LogP contribution >= 0.6 is 0 Å². The zero-order valence-corrected chi connectivity index (χ0v) is 8.37. The van der Waals surface area contributed by atoms with E-state index >= 15 is 0 Å². The Morgan fingerprint density at radius 3 is 3.06 bits per heavy atom. The van der Waals surface area contributed by atoms with Gasteiger partial charge in [0.2, 0.25) is 0 Å². The molecule has 1 aromatic carbocycles. The van der Waals surface area contributed by atoms with Gasteiger partial charge in [-0.05, 0) is 25.1 Å². The van der Waals surface area contributed by atoms with Crippen LogP contribution in [-0.4, -0.2) is 10.1 Å². The molecule has 5 heteroatoms. The first kappa shape index (κ1) is 9.08. The van der Waals surface area contributed by atoms with Crippen molar-refractivity contribution in [1.82, 2.24) is 10.1 Å². The number of benzene rings is 1. The number of aromatic nitrogens is 2. The van der Waals surface area contributed by atoms with E-state index in [2.05, 4.69) is 10.1 Å². The average molecular weight is 218 g/mol. The number of H-pyrrole nitrogens is 1. The highest BCUT2D eigenvalue weighted by Gasteiger charge is 2.13. The zero-order chi connectivity index (χ0) is 11.3. The Labute approximate surface area is 88.7 Å². The molecule has 0 aliphatic heterocycles. The summed E-state index contributed by atoms with van der Waals surface area (Å²) >= 11 is 0. The molecule has 1 N–H and O–H groups in total. The van der Waals surface area contributed by atoms with Gasteiger partial charge >= 0.3 is 0 Å². The molecule has 3 rings (SSSR count). The van der Waals surface area contributed by atoms with Crippen LogP contribution in [0.4, 0.5) is 4.39 Å². The Kier molecular flexibility index (Phi) is 1.65. The number of pyridine rings is 1. The molecule has 0 fully saturated rings. The molecule has 16 heavy (non-hydrogen) atoms. The summed E-state index contributed by atoms with van der Waals surface area (Å²) in [6, 6.07) is 4.11. The van der Waals surface area contributed by atoms with Crippen LogP contribution in [0.15, 0.2) is 27.5 Å². The molecule has 80 valence electrons. The van der Waals surface area contributed by atoms with Crippen LogP contribution in [0.25, 0.3) is 21.9 Å². The predicted molar refractivity (Wildman–Crippen MR) is 56.8 cm³/mol. The van der Waals surface area contributed by atoms with Crippen molar-refractivity contribution in [2.45, 2.75) is 6.92 Å². The van der Waals surface area contributed by atoms with E-state index in [1.54, 1.807) is 6.92 Å². The summed E-state index contributed by atoms with van der Waals surface area (Å²) in [4.78, 5) is 14.4. The minimum absolute atomic E-state index is 0.271. The first-order chi connectivity index (χ1) is 7.66. The number of aromatic amines is 1. The van der Waals surface area contributed by atoms with E-state index in [1.807, 2.05) is 0 Å². The molecular weight excluding hydrogens is 211 g/mol. The summed E-state index contributed by atoms with van der Waals surface area (Å²) in [5.41, 5.74) is 1.10. The molecule has 0 atom stereocenters. The third-order valence-corrected chi connectivity index (χ3v) is 2.56. The first-order valence-corrected chi connectivity index (χ1v) is 4.74. The highest BCUT2D eigenvalue weighted by atomic mass is 19.1. The number of nitrogens with zero attached hydrogens (tertiary/aromatic N) is 1. The number of aryl methyl sites for hydroxylation is 1. The quantitative estimate of drug-likeness (QED) is 0.628. The first-order valence-electron chi connectivity index (χ1n) is 4.74. The molecule has 0 amide bonds. The van der Waals surface area contributed by atoms with Crippen molar-refractivity contribution < 1.29 is 8.91 Å². The maximum absolute atomic E-state index is 13.1. The summed E-state index contributed by atoms with van der Waals surface area (Å²) in [6.07, 6.45) is 0. The molecule has 0 saturated heterocycles. The van der Waals surface area contributed by atoms with Gasteiger partial charge < -0.3 is 9.51 Å². The molecule has 3 aromatic rings. The summed E-state index contributed by atoms with van der Waals surface area (Å²) < 4.78 is 18.2. The maximum atomic E-state index is 13.1. The van der Waals surface area contributed by atoms with E-state index in [4.69, 9.17) is 4.52 Å². The Balaban J connectivity index is 2.67. The highest BCUT2D eigenvalue weighted by molar-refractivity contribution is 6.02. The molecule has 0 saturated carbocycles. The molecule has 4 nitrogen and oxygen atoms in total. The number of hydrogen-bond acceptors (Lipinski definition) is 3. The van der Waals surface area contributed by atoms with Crippen molar-refractivity contribution in [3.8, 4) is 0 Å². The lowest BCUT2D eigenvalue weighted by Gasteiger charge is -1.97. The Hall–Kier alpha value is -2.17. The fraction of sp³-hybridized carbons (Fsp3) is 0.0909. The van der Waals surface area contributed by atoms with Crippen molar-refractivity contribution in [2.24, 2.45) is 0 Å². The third kappa shape index (κ3) is 1.08. The molecular formula is C11H7FN2O2. The SMILES string of the molecule is Cc1noc2c1c(=O)[nH]c1ccc(F)cc12. The second-order valence-corrected chi connectivity index (χ2v) is 3.62. The number of halogens is 1. The van der Waals surface area contributed by atoms with E-state index < -0.39 is 0 Å². The minimum atomic E-state index is -0.380. The van der Waals surface area contributed by atoms with Gasteiger partial charge in [-0.2, -0.15) is 0 Å². The van der Waals surface area contributed by atoms with Crippen LogP contribution in [0, 0.1) is 12.7 Å². The topological polar surface area (TPSA) is 58.9 Å². The van der Waals surface area contributed by atoms with E-state index in [9.17, 15) is 9.18 Å². The van der Waals surface area contributed by atoms with Crippen LogP contribution in [0.3, 0.4) is 0 Å². The average Bonchev–Trinajstić information content (AvgIpc) is 2.63. The Morgan fingerprint density at radius 1 is 1.44 bits per heavy atom. The van der Waals surface area contributed by atoms with Gasteiger partial charge in [-0.15, -0.1) is 0 Å². The molecule has 0 unspecified atom stereocenters. The van der Waals surface area contributed by atoms with Crippen molar-refractivity contribution in [3.63, 3.8) is 0 Å². The number of fused-ring (bicyclic) bond motifs is 3. The van der Waals surface area contributed by atoms with Crippen molar-refractivity contribution in [1.29, 1.82) is 0 Å². The van der Waals surface area contributed by atoms with Gasteiger partial charge in [-0.1, -0.05) is 5.16 Å². The van der Waals surface area contributed by atoms with Crippen LogP contribution in [-0.2, 0) is 0 Å². The normalized spacial score (nSPS) is 11.4. The number of rotatable bonds is 0. The van der Waals surface area contributed by atoms with Gasteiger partial charge in [0.25, 0.3) is 5.56 Å². The second kappa shape index (κ2) is 2.91. The molecule has 0 radical (unpaired) electrons. The largest absolute Gasteiger partial charge is 0.355 e. The second-order valence-electron chi connectivity index (χ2n) is 3.62.